The summed E-state index contributed by atoms with van der Waals surface area (Å²) in [5.41, 5.74) is 6.82. The molecule has 5 nitrogen and oxygen atoms in total. The highest BCUT2D eigenvalue weighted by molar-refractivity contribution is 5.77. The number of aromatic nitrogens is 3. The minimum atomic E-state index is -0.408. The molecule has 0 aliphatic heterocycles. The maximum atomic E-state index is 6.00. The fourth-order valence-corrected chi connectivity index (χ4v) is 1.66. The molecule has 3 aromatic rings. The summed E-state index contributed by atoms with van der Waals surface area (Å²) in [4.78, 5) is 4.01. The van der Waals surface area contributed by atoms with Gasteiger partial charge >= 0.3 is 0 Å². The van der Waals surface area contributed by atoms with E-state index in [0.29, 0.717) is 11.6 Å². The number of hydrogen-bond acceptors (Lipinski definition) is 4. The first-order chi connectivity index (χ1) is 7.84. The highest BCUT2D eigenvalue weighted by Crippen LogP contribution is 2.24. The van der Waals surface area contributed by atoms with Gasteiger partial charge in [-0.25, -0.2) is 4.98 Å². The molecule has 0 amide bonds. The van der Waals surface area contributed by atoms with Gasteiger partial charge in [0.1, 0.15) is 29.5 Å². The number of benzene rings is 1. The van der Waals surface area contributed by atoms with E-state index in [1.54, 1.807) is 0 Å². The fourth-order valence-electron chi connectivity index (χ4n) is 1.66. The number of nitrogens with zero attached hydrogens (tertiary/aromatic N) is 2. The van der Waals surface area contributed by atoms with Crippen LogP contribution in [0.15, 0.2) is 41.1 Å². The molecule has 3 rings (SSSR count). The van der Waals surface area contributed by atoms with Gasteiger partial charge in [-0.1, -0.05) is 18.2 Å². The monoisotopic (exact) mass is 214 g/mol. The Morgan fingerprint density at radius 2 is 2.19 bits per heavy atom. The maximum Gasteiger partial charge on any atom is 0.149 e. The normalized spacial score (nSPS) is 13.1. The molecular formula is C11H10N4O. The van der Waals surface area contributed by atoms with Crippen LogP contribution < -0.4 is 5.73 Å². The molecule has 1 aromatic carbocycles. The molecule has 0 aliphatic rings. The minimum absolute atomic E-state index is 0.408. The van der Waals surface area contributed by atoms with Crippen LogP contribution in [0, 0.1) is 0 Å². The summed E-state index contributed by atoms with van der Waals surface area (Å²) in [6.45, 7) is 0. The number of para-hydroxylation sites is 1. The van der Waals surface area contributed by atoms with Gasteiger partial charge in [0.05, 0.1) is 0 Å². The van der Waals surface area contributed by atoms with Crippen LogP contribution in [-0.4, -0.2) is 15.2 Å². The Kier molecular flexibility index (Phi) is 1.97. The maximum absolute atomic E-state index is 6.00. The summed E-state index contributed by atoms with van der Waals surface area (Å²) in [6, 6.07) is 9.29. The van der Waals surface area contributed by atoms with Gasteiger partial charge in [-0.15, -0.1) is 0 Å². The topological polar surface area (TPSA) is 80.7 Å². The van der Waals surface area contributed by atoms with Crippen molar-refractivity contribution in [3.05, 3.63) is 48.2 Å². The van der Waals surface area contributed by atoms with Crippen LogP contribution >= 0.6 is 0 Å². The lowest BCUT2D eigenvalue weighted by molar-refractivity contribution is 0.516. The van der Waals surface area contributed by atoms with E-state index in [2.05, 4.69) is 15.2 Å². The zero-order chi connectivity index (χ0) is 11.0. The van der Waals surface area contributed by atoms with E-state index in [1.807, 2.05) is 30.3 Å². The van der Waals surface area contributed by atoms with Crippen molar-refractivity contribution in [3.8, 4) is 0 Å². The summed E-state index contributed by atoms with van der Waals surface area (Å²) in [5.74, 6) is 1.28. The smallest absolute Gasteiger partial charge is 0.149 e. The molecule has 2 heterocycles. The summed E-state index contributed by atoms with van der Waals surface area (Å²) >= 11 is 0. The van der Waals surface area contributed by atoms with Gasteiger partial charge < -0.3 is 10.2 Å². The minimum Gasteiger partial charge on any atom is -0.459 e. The Bertz CT molecular complexity index is 566. The van der Waals surface area contributed by atoms with E-state index in [1.165, 1.54) is 6.33 Å². The molecule has 1 unspecified atom stereocenters. The summed E-state index contributed by atoms with van der Waals surface area (Å²) < 4.78 is 5.64. The molecule has 5 heteroatoms. The average molecular weight is 214 g/mol. The third-order valence-electron chi connectivity index (χ3n) is 2.48. The van der Waals surface area contributed by atoms with E-state index in [9.17, 15) is 0 Å². The standard InChI is InChI=1S/C11H10N4O/c12-10(11-13-6-14-15-11)9-5-7-3-1-2-4-8(7)16-9/h1-6,10H,12H2,(H,13,14,15). The molecule has 1 atom stereocenters. The first-order valence-corrected chi connectivity index (χ1v) is 4.94. The number of furan rings is 1. The number of nitrogens with two attached hydrogens (primary N) is 1. The van der Waals surface area contributed by atoms with Crippen LogP contribution in [0.2, 0.25) is 0 Å². The zero-order valence-corrected chi connectivity index (χ0v) is 8.42. The third-order valence-corrected chi connectivity index (χ3v) is 2.48. The van der Waals surface area contributed by atoms with Crippen molar-refractivity contribution in [1.82, 2.24) is 15.2 Å². The first kappa shape index (κ1) is 9.11. The highest BCUT2D eigenvalue weighted by Gasteiger charge is 2.16. The van der Waals surface area contributed by atoms with Gasteiger partial charge in [-0.3, -0.25) is 5.10 Å². The van der Waals surface area contributed by atoms with Crippen molar-refractivity contribution < 1.29 is 4.42 Å². The molecule has 2 aromatic heterocycles. The molecule has 16 heavy (non-hydrogen) atoms. The number of fused-ring (bicyclic) bond motifs is 1. The van der Waals surface area contributed by atoms with E-state index in [4.69, 9.17) is 10.2 Å². The number of nitrogens with one attached hydrogen (secondary N) is 1. The number of rotatable bonds is 2. The largest absolute Gasteiger partial charge is 0.459 e. The number of H-pyrrole nitrogens is 1. The summed E-state index contributed by atoms with van der Waals surface area (Å²) in [7, 11) is 0. The SMILES string of the molecule is NC(c1ncn[nH]1)c1cc2ccccc2o1. The predicted molar refractivity (Wildman–Crippen MR) is 58.6 cm³/mol. The second kappa shape index (κ2) is 3.46. The lowest BCUT2D eigenvalue weighted by Crippen LogP contribution is -2.12. The lowest BCUT2D eigenvalue weighted by atomic mass is 10.2. The summed E-state index contributed by atoms with van der Waals surface area (Å²) in [6.07, 6.45) is 1.43. The molecule has 0 saturated heterocycles. The van der Waals surface area contributed by atoms with Crippen LogP contribution in [0.1, 0.15) is 17.6 Å². The first-order valence-electron chi connectivity index (χ1n) is 4.94. The van der Waals surface area contributed by atoms with Crippen LogP contribution in [0.25, 0.3) is 11.0 Å². The van der Waals surface area contributed by atoms with Gasteiger partial charge in [-0.05, 0) is 12.1 Å². The molecule has 0 saturated carbocycles. The van der Waals surface area contributed by atoms with E-state index >= 15 is 0 Å². The molecule has 0 fully saturated rings. The lowest BCUT2D eigenvalue weighted by Gasteiger charge is -2.02. The molecular weight excluding hydrogens is 204 g/mol. The van der Waals surface area contributed by atoms with Gasteiger partial charge in [-0.2, -0.15) is 5.10 Å². The Morgan fingerprint density at radius 1 is 1.31 bits per heavy atom. The quantitative estimate of drug-likeness (QED) is 0.678. The van der Waals surface area contributed by atoms with Crippen molar-refractivity contribution in [2.45, 2.75) is 6.04 Å². The third kappa shape index (κ3) is 1.38. The predicted octanol–water partition coefficient (Wildman–Crippen LogP) is 1.60. The molecule has 0 bridgehead atoms. The van der Waals surface area contributed by atoms with Crippen LogP contribution in [0.4, 0.5) is 0 Å². The summed E-state index contributed by atoms with van der Waals surface area (Å²) in [5, 5.41) is 7.53. The Balaban J connectivity index is 2.06. The average Bonchev–Trinajstić information content (AvgIpc) is 2.97. The highest BCUT2D eigenvalue weighted by atomic mass is 16.3. The Labute approximate surface area is 91.3 Å². The van der Waals surface area contributed by atoms with Crippen molar-refractivity contribution in [3.63, 3.8) is 0 Å². The van der Waals surface area contributed by atoms with Gasteiger partial charge in [0.15, 0.2) is 0 Å². The van der Waals surface area contributed by atoms with Crippen molar-refractivity contribution >= 4 is 11.0 Å². The second-order valence-electron chi connectivity index (χ2n) is 3.53. The van der Waals surface area contributed by atoms with Crippen molar-refractivity contribution in [2.75, 3.05) is 0 Å². The molecule has 0 aliphatic carbocycles. The molecule has 3 N–H and O–H groups in total. The van der Waals surface area contributed by atoms with Crippen molar-refractivity contribution in [1.29, 1.82) is 0 Å². The van der Waals surface area contributed by atoms with Gasteiger partial charge in [0.25, 0.3) is 0 Å². The van der Waals surface area contributed by atoms with Crippen LogP contribution in [0.5, 0.6) is 0 Å². The fraction of sp³-hybridized carbons (Fsp3) is 0.0909. The van der Waals surface area contributed by atoms with E-state index in [-0.39, 0.29) is 0 Å². The van der Waals surface area contributed by atoms with Crippen LogP contribution in [-0.2, 0) is 0 Å². The van der Waals surface area contributed by atoms with Gasteiger partial charge in [0.2, 0.25) is 0 Å². The second-order valence-corrected chi connectivity index (χ2v) is 3.53. The molecule has 0 spiro atoms. The zero-order valence-electron chi connectivity index (χ0n) is 8.42. The van der Waals surface area contributed by atoms with Crippen molar-refractivity contribution in [2.24, 2.45) is 5.73 Å². The van der Waals surface area contributed by atoms with Crippen LogP contribution in [0.3, 0.4) is 0 Å². The number of hydrogen-bond donors (Lipinski definition) is 2. The Hall–Kier alpha value is -2.14. The number of aromatic amines is 1. The van der Waals surface area contributed by atoms with E-state index < -0.39 is 6.04 Å². The Morgan fingerprint density at radius 3 is 2.94 bits per heavy atom. The van der Waals surface area contributed by atoms with E-state index in [0.717, 1.165) is 11.0 Å². The molecule has 80 valence electrons. The van der Waals surface area contributed by atoms with Gasteiger partial charge in [0, 0.05) is 5.39 Å². The molecule has 0 radical (unpaired) electrons.